The van der Waals surface area contributed by atoms with Crippen molar-refractivity contribution >= 4 is 5.91 Å². The van der Waals surface area contributed by atoms with Crippen molar-refractivity contribution in [1.29, 1.82) is 0 Å². The first kappa shape index (κ1) is 9.15. The minimum atomic E-state index is -0.417. The van der Waals surface area contributed by atoms with Crippen molar-refractivity contribution in [1.82, 2.24) is 4.98 Å². The van der Waals surface area contributed by atoms with Crippen LogP contribution >= 0.6 is 0 Å². The molecule has 1 amide bonds. The number of nitrogens with zero attached hydrogens (tertiary/aromatic N) is 1. The second-order valence-corrected chi connectivity index (χ2v) is 3.36. The van der Waals surface area contributed by atoms with E-state index < -0.39 is 5.91 Å². The van der Waals surface area contributed by atoms with Crippen LogP contribution in [0.5, 0.6) is 0 Å². The standard InChI is InChI=1S/C10H12N2O2/c11-10(13)8-2-1-4-12-9(8)7-3-5-14-6-7/h1-2,4,7H,3,5-6H2,(H2,11,13)/t7-/m1/s1. The molecular weight excluding hydrogens is 180 g/mol. The average molecular weight is 192 g/mol. The molecule has 74 valence electrons. The monoisotopic (exact) mass is 192 g/mol. The van der Waals surface area contributed by atoms with Gasteiger partial charge in [0.05, 0.1) is 17.9 Å². The van der Waals surface area contributed by atoms with Gasteiger partial charge in [-0.1, -0.05) is 0 Å². The topological polar surface area (TPSA) is 65.2 Å². The summed E-state index contributed by atoms with van der Waals surface area (Å²) in [5.41, 5.74) is 6.55. The molecule has 2 rings (SSSR count). The number of amides is 1. The second-order valence-electron chi connectivity index (χ2n) is 3.36. The first-order valence-corrected chi connectivity index (χ1v) is 4.61. The Morgan fingerprint density at radius 3 is 3.14 bits per heavy atom. The summed E-state index contributed by atoms with van der Waals surface area (Å²) in [5.74, 6) is -0.196. The van der Waals surface area contributed by atoms with Crippen LogP contribution in [0.1, 0.15) is 28.4 Å². The fourth-order valence-corrected chi connectivity index (χ4v) is 1.70. The lowest BCUT2D eigenvalue weighted by molar-refractivity contribution is 0.0998. The molecule has 14 heavy (non-hydrogen) atoms. The Morgan fingerprint density at radius 2 is 2.50 bits per heavy atom. The van der Waals surface area contributed by atoms with E-state index >= 15 is 0 Å². The quantitative estimate of drug-likeness (QED) is 0.749. The van der Waals surface area contributed by atoms with Gasteiger partial charge in [0.1, 0.15) is 0 Å². The minimum absolute atomic E-state index is 0.221. The van der Waals surface area contributed by atoms with Crippen molar-refractivity contribution in [2.45, 2.75) is 12.3 Å². The van der Waals surface area contributed by atoms with Crippen LogP contribution in [0, 0.1) is 0 Å². The van der Waals surface area contributed by atoms with E-state index in [0.717, 1.165) is 18.7 Å². The van der Waals surface area contributed by atoms with Gasteiger partial charge in [-0.25, -0.2) is 0 Å². The third kappa shape index (κ3) is 1.61. The zero-order chi connectivity index (χ0) is 9.97. The summed E-state index contributed by atoms with van der Waals surface area (Å²) in [6.45, 7) is 1.37. The van der Waals surface area contributed by atoms with E-state index in [1.54, 1.807) is 18.3 Å². The van der Waals surface area contributed by atoms with Gasteiger partial charge in [-0.2, -0.15) is 0 Å². The molecule has 0 spiro atoms. The smallest absolute Gasteiger partial charge is 0.250 e. The fourth-order valence-electron chi connectivity index (χ4n) is 1.70. The zero-order valence-electron chi connectivity index (χ0n) is 7.77. The van der Waals surface area contributed by atoms with E-state index in [4.69, 9.17) is 10.5 Å². The minimum Gasteiger partial charge on any atom is -0.381 e. The Balaban J connectivity index is 2.35. The van der Waals surface area contributed by atoms with Gasteiger partial charge in [0, 0.05) is 18.7 Å². The van der Waals surface area contributed by atoms with Crippen LogP contribution in [0.2, 0.25) is 0 Å². The van der Waals surface area contributed by atoms with Crippen molar-refractivity contribution in [3.05, 3.63) is 29.6 Å². The van der Waals surface area contributed by atoms with Crippen molar-refractivity contribution in [3.8, 4) is 0 Å². The summed E-state index contributed by atoms with van der Waals surface area (Å²) >= 11 is 0. The van der Waals surface area contributed by atoms with E-state index in [1.807, 2.05) is 0 Å². The van der Waals surface area contributed by atoms with Gasteiger partial charge in [0.25, 0.3) is 5.91 Å². The van der Waals surface area contributed by atoms with Gasteiger partial charge in [0.2, 0.25) is 0 Å². The maximum Gasteiger partial charge on any atom is 0.250 e. The van der Waals surface area contributed by atoms with Crippen LogP contribution in [0.3, 0.4) is 0 Å². The number of aromatic nitrogens is 1. The molecule has 2 heterocycles. The summed E-state index contributed by atoms with van der Waals surface area (Å²) in [6, 6.07) is 3.43. The van der Waals surface area contributed by atoms with Crippen LogP contribution in [0.25, 0.3) is 0 Å². The molecule has 0 bridgehead atoms. The number of hydrogen-bond donors (Lipinski definition) is 1. The van der Waals surface area contributed by atoms with E-state index in [1.165, 1.54) is 0 Å². The van der Waals surface area contributed by atoms with E-state index in [-0.39, 0.29) is 5.92 Å². The maximum atomic E-state index is 11.1. The molecule has 1 aliphatic heterocycles. The average Bonchev–Trinajstić information content (AvgIpc) is 2.70. The molecule has 4 heteroatoms. The Bertz CT molecular complexity index is 346. The van der Waals surface area contributed by atoms with Crippen LogP contribution < -0.4 is 5.73 Å². The number of primary amides is 1. The summed E-state index contributed by atoms with van der Waals surface area (Å²) in [5, 5.41) is 0. The number of rotatable bonds is 2. The highest BCUT2D eigenvalue weighted by atomic mass is 16.5. The van der Waals surface area contributed by atoms with Gasteiger partial charge in [0.15, 0.2) is 0 Å². The fraction of sp³-hybridized carbons (Fsp3) is 0.400. The molecule has 1 aliphatic rings. The van der Waals surface area contributed by atoms with Crippen molar-refractivity contribution in [2.75, 3.05) is 13.2 Å². The Hall–Kier alpha value is -1.42. The Labute approximate surface area is 82.1 Å². The van der Waals surface area contributed by atoms with E-state index in [9.17, 15) is 4.79 Å². The van der Waals surface area contributed by atoms with Crippen molar-refractivity contribution in [3.63, 3.8) is 0 Å². The molecule has 0 aromatic carbocycles. The summed E-state index contributed by atoms with van der Waals surface area (Å²) in [4.78, 5) is 15.3. The zero-order valence-corrected chi connectivity index (χ0v) is 7.77. The largest absolute Gasteiger partial charge is 0.381 e. The Morgan fingerprint density at radius 1 is 1.64 bits per heavy atom. The molecule has 0 unspecified atom stereocenters. The molecule has 0 radical (unpaired) electrons. The van der Waals surface area contributed by atoms with Gasteiger partial charge >= 0.3 is 0 Å². The number of carbonyl (C=O) groups is 1. The maximum absolute atomic E-state index is 11.1. The molecular formula is C10H12N2O2. The third-order valence-corrected chi connectivity index (χ3v) is 2.42. The van der Waals surface area contributed by atoms with Crippen LogP contribution in [-0.2, 0) is 4.74 Å². The predicted octanol–water partition coefficient (Wildman–Crippen LogP) is 0.684. The van der Waals surface area contributed by atoms with Crippen molar-refractivity contribution < 1.29 is 9.53 Å². The lowest BCUT2D eigenvalue weighted by atomic mass is 9.99. The summed E-state index contributed by atoms with van der Waals surface area (Å²) in [7, 11) is 0. The van der Waals surface area contributed by atoms with Gasteiger partial charge in [-0.05, 0) is 18.6 Å². The predicted molar refractivity (Wildman–Crippen MR) is 50.9 cm³/mol. The molecule has 1 fully saturated rings. The SMILES string of the molecule is NC(=O)c1cccnc1[C@@H]1CCOC1. The van der Waals surface area contributed by atoms with Crippen LogP contribution in [0.15, 0.2) is 18.3 Å². The van der Waals surface area contributed by atoms with Gasteiger partial charge < -0.3 is 10.5 Å². The van der Waals surface area contributed by atoms with Crippen LogP contribution in [-0.4, -0.2) is 24.1 Å². The summed E-state index contributed by atoms with van der Waals surface area (Å²) < 4.78 is 5.25. The van der Waals surface area contributed by atoms with Crippen LogP contribution in [0.4, 0.5) is 0 Å². The molecule has 1 aromatic heterocycles. The highest BCUT2D eigenvalue weighted by Crippen LogP contribution is 2.25. The number of ether oxygens (including phenoxy) is 1. The second kappa shape index (κ2) is 3.75. The summed E-state index contributed by atoms with van der Waals surface area (Å²) in [6.07, 6.45) is 2.59. The molecule has 4 nitrogen and oxygen atoms in total. The first-order valence-electron chi connectivity index (χ1n) is 4.61. The van der Waals surface area contributed by atoms with E-state index in [2.05, 4.69) is 4.98 Å². The van der Waals surface area contributed by atoms with Crippen molar-refractivity contribution in [2.24, 2.45) is 5.73 Å². The molecule has 0 saturated carbocycles. The first-order chi connectivity index (χ1) is 6.79. The Kier molecular flexibility index (Phi) is 2.45. The number of hydrogen-bond acceptors (Lipinski definition) is 3. The van der Waals surface area contributed by atoms with Gasteiger partial charge in [-0.3, -0.25) is 9.78 Å². The molecule has 1 saturated heterocycles. The molecule has 0 aliphatic carbocycles. The highest BCUT2D eigenvalue weighted by Gasteiger charge is 2.23. The van der Waals surface area contributed by atoms with E-state index in [0.29, 0.717) is 12.2 Å². The lowest BCUT2D eigenvalue weighted by Crippen LogP contribution is -2.16. The number of pyridine rings is 1. The normalized spacial score (nSPS) is 21.0. The lowest BCUT2D eigenvalue weighted by Gasteiger charge is -2.09. The third-order valence-electron chi connectivity index (χ3n) is 2.42. The highest BCUT2D eigenvalue weighted by molar-refractivity contribution is 5.94. The van der Waals surface area contributed by atoms with Gasteiger partial charge in [-0.15, -0.1) is 0 Å². The molecule has 1 aromatic rings. The molecule has 2 N–H and O–H groups in total. The number of nitrogens with two attached hydrogens (primary N) is 1. The molecule has 1 atom stereocenters. The number of carbonyl (C=O) groups excluding carboxylic acids is 1.